The molecule has 0 atom stereocenters. The summed E-state index contributed by atoms with van der Waals surface area (Å²) in [5.74, 6) is 0.433. The molecule has 0 fully saturated rings. The number of para-hydroxylation sites is 1. The summed E-state index contributed by atoms with van der Waals surface area (Å²) in [5, 5.41) is 7.72. The summed E-state index contributed by atoms with van der Waals surface area (Å²) < 4.78 is 30.3. The average Bonchev–Trinajstić information content (AvgIpc) is 3.49. The lowest BCUT2D eigenvalue weighted by molar-refractivity contribution is -0.00450. The number of anilines is 1. The Bertz CT molecular complexity index is 1360. The number of nitrogens with one attached hydrogen (secondary N) is 1. The largest absolute Gasteiger partial charge is 0.491 e. The van der Waals surface area contributed by atoms with Gasteiger partial charge in [0.1, 0.15) is 18.1 Å². The fraction of sp³-hybridized carbons (Fsp3) is 0.333. The Morgan fingerprint density at radius 3 is 1.93 bits per heavy atom. The molecular weight excluding hydrogens is 614 g/mol. The number of hydrogen-bond donors (Lipinski definition) is 1. The van der Waals surface area contributed by atoms with Crippen molar-refractivity contribution in [1.82, 2.24) is 9.78 Å². The number of nitrogens with zero attached hydrogens (tertiary/aromatic N) is 2. The van der Waals surface area contributed by atoms with Crippen LogP contribution in [0.5, 0.6) is 5.75 Å². The second-order valence-electron chi connectivity index (χ2n) is 9.45. The van der Waals surface area contributed by atoms with Gasteiger partial charge in [0.2, 0.25) is 0 Å². The van der Waals surface area contributed by atoms with Crippen molar-refractivity contribution >= 4 is 27.5 Å². The first kappa shape index (κ1) is 32.4. The van der Waals surface area contributed by atoms with Crippen molar-refractivity contribution < 1.29 is 28.5 Å². The zero-order valence-electron chi connectivity index (χ0n) is 24.4. The number of amides is 1. The Morgan fingerprint density at radius 2 is 1.33 bits per heavy atom. The fourth-order valence-corrected chi connectivity index (χ4v) is 4.30. The Hall–Kier alpha value is -3.54. The average molecular weight is 653 g/mol. The first-order valence-corrected chi connectivity index (χ1v) is 15.2. The van der Waals surface area contributed by atoms with Crippen LogP contribution in [0.1, 0.15) is 23.7 Å². The summed E-state index contributed by atoms with van der Waals surface area (Å²) in [6, 6.07) is 24.7. The third kappa shape index (κ3) is 10.9. The first-order valence-electron chi connectivity index (χ1n) is 14.4. The van der Waals surface area contributed by atoms with Crippen molar-refractivity contribution in [2.24, 2.45) is 0 Å². The number of aromatic nitrogens is 2. The molecule has 43 heavy (non-hydrogen) atoms. The molecular formula is C33H38BrN3O6. The van der Waals surface area contributed by atoms with Gasteiger partial charge in [-0.25, -0.2) is 4.68 Å². The molecule has 1 heterocycles. The van der Waals surface area contributed by atoms with Gasteiger partial charge in [-0.1, -0.05) is 53.2 Å². The summed E-state index contributed by atoms with van der Waals surface area (Å²) in [6.07, 6.45) is 2.77. The van der Waals surface area contributed by atoms with E-state index in [4.69, 9.17) is 28.8 Å². The van der Waals surface area contributed by atoms with Crippen LogP contribution in [-0.4, -0.2) is 75.1 Å². The van der Waals surface area contributed by atoms with Gasteiger partial charge in [-0.2, -0.15) is 5.10 Å². The van der Waals surface area contributed by atoms with E-state index in [2.05, 4.69) is 28.2 Å². The fourth-order valence-electron chi connectivity index (χ4n) is 4.03. The lowest BCUT2D eigenvalue weighted by Gasteiger charge is -2.09. The highest BCUT2D eigenvalue weighted by atomic mass is 79.9. The predicted molar refractivity (Wildman–Crippen MR) is 170 cm³/mol. The molecule has 0 aliphatic carbocycles. The second-order valence-corrected chi connectivity index (χ2v) is 10.4. The molecule has 4 aromatic rings. The van der Waals surface area contributed by atoms with Crippen LogP contribution in [0.2, 0.25) is 0 Å². The molecule has 228 valence electrons. The van der Waals surface area contributed by atoms with E-state index in [1.54, 1.807) is 23.0 Å². The van der Waals surface area contributed by atoms with Crippen molar-refractivity contribution in [1.29, 1.82) is 0 Å². The second kappa shape index (κ2) is 18.2. The molecule has 1 amide bonds. The zero-order valence-corrected chi connectivity index (χ0v) is 26.0. The van der Waals surface area contributed by atoms with Gasteiger partial charge in [0, 0.05) is 28.5 Å². The van der Waals surface area contributed by atoms with E-state index in [1.165, 1.54) is 0 Å². The Balaban J connectivity index is 1.20. The Labute approximate surface area is 261 Å². The number of benzene rings is 3. The van der Waals surface area contributed by atoms with E-state index in [0.29, 0.717) is 75.5 Å². The van der Waals surface area contributed by atoms with Gasteiger partial charge in [-0.15, -0.1) is 0 Å². The third-order valence-corrected chi connectivity index (χ3v) is 6.70. The third-order valence-electron chi connectivity index (χ3n) is 6.17. The predicted octanol–water partition coefficient (Wildman–Crippen LogP) is 6.41. The highest BCUT2D eigenvalue weighted by Gasteiger charge is 2.19. The molecule has 1 aromatic heterocycles. The molecule has 4 rings (SSSR count). The summed E-state index contributed by atoms with van der Waals surface area (Å²) in [7, 11) is 0. The number of ether oxygens (including phenoxy) is 5. The number of rotatable bonds is 19. The molecule has 1 N–H and O–H groups in total. The highest BCUT2D eigenvalue weighted by molar-refractivity contribution is 9.10. The van der Waals surface area contributed by atoms with Crippen LogP contribution in [0.25, 0.3) is 16.9 Å². The number of hydrogen-bond acceptors (Lipinski definition) is 7. The van der Waals surface area contributed by atoms with E-state index < -0.39 is 0 Å². The maximum absolute atomic E-state index is 13.4. The lowest BCUT2D eigenvalue weighted by Crippen LogP contribution is -2.14. The SMILES string of the molecule is CCCOCCOCCOCCOCCOc1ccc(NC(=O)c2cn(-c3ccccc3)nc2-c2ccc(Br)cc2)cc1. The van der Waals surface area contributed by atoms with E-state index in [9.17, 15) is 4.79 Å². The molecule has 0 radical (unpaired) electrons. The molecule has 3 aromatic carbocycles. The van der Waals surface area contributed by atoms with Crippen molar-refractivity contribution in [3.8, 4) is 22.7 Å². The van der Waals surface area contributed by atoms with Crippen LogP contribution < -0.4 is 10.1 Å². The zero-order chi connectivity index (χ0) is 30.1. The molecule has 0 spiro atoms. The van der Waals surface area contributed by atoms with Gasteiger partial charge < -0.3 is 29.0 Å². The molecule has 0 unspecified atom stereocenters. The van der Waals surface area contributed by atoms with Crippen molar-refractivity contribution in [3.05, 3.63) is 95.1 Å². The molecule has 0 aliphatic heterocycles. The first-order chi connectivity index (χ1) is 21.1. The van der Waals surface area contributed by atoms with Crippen LogP contribution in [0.15, 0.2) is 89.5 Å². The number of carbonyl (C=O) groups excluding carboxylic acids is 1. The van der Waals surface area contributed by atoms with Crippen LogP contribution in [0.3, 0.4) is 0 Å². The molecule has 10 heteroatoms. The summed E-state index contributed by atoms with van der Waals surface area (Å²) in [6.45, 7) is 6.94. The van der Waals surface area contributed by atoms with Gasteiger partial charge in [0.15, 0.2) is 0 Å². The van der Waals surface area contributed by atoms with Gasteiger partial charge in [0.25, 0.3) is 5.91 Å². The number of carbonyl (C=O) groups is 1. The molecule has 0 aliphatic rings. The quantitative estimate of drug-likeness (QED) is 0.117. The molecule has 9 nitrogen and oxygen atoms in total. The molecule has 0 saturated carbocycles. The summed E-state index contributed by atoms with van der Waals surface area (Å²) in [4.78, 5) is 13.4. The van der Waals surface area contributed by atoms with E-state index in [0.717, 1.165) is 28.8 Å². The van der Waals surface area contributed by atoms with E-state index in [-0.39, 0.29) is 5.91 Å². The Morgan fingerprint density at radius 1 is 0.744 bits per heavy atom. The lowest BCUT2D eigenvalue weighted by atomic mass is 10.1. The van der Waals surface area contributed by atoms with Crippen molar-refractivity contribution in [2.45, 2.75) is 13.3 Å². The summed E-state index contributed by atoms with van der Waals surface area (Å²) in [5.41, 5.74) is 3.43. The maximum Gasteiger partial charge on any atom is 0.259 e. The van der Waals surface area contributed by atoms with Crippen molar-refractivity contribution in [3.63, 3.8) is 0 Å². The van der Waals surface area contributed by atoms with Gasteiger partial charge in [-0.05, 0) is 55.0 Å². The van der Waals surface area contributed by atoms with Crippen LogP contribution in [-0.2, 0) is 18.9 Å². The van der Waals surface area contributed by atoms with Crippen LogP contribution in [0.4, 0.5) is 5.69 Å². The Kier molecular flexibility index (Phi) is 13.7. The van der Waals surface area contributed by atoms with Crippen molar-refractivity contribution in [2.75, 3.05) is 64.8 Å². The summed E-state index contributed by atoms with van der Waals surface area (Å²) >= 11 is 3.47. The van der Waals surface area contributed by atoms with Gasteiger partial charge in [-0.3, -0.25) is 4.79 Å². The topological polar surface area (TPSA) is 93.1 Å². The van der Waals surface area contributed by atoms with Crippen LogP contribution >= 0.6 is 15.9 Å². The highest BCUT2D eigenvalue weighted by Crippen LogP contribution is 2.26. The molecule has 0 saturated heterocycles. The van der Waals surface area contributed by atoms with E-state index >= 15 is 0 Å². The smallest absolute Gasteiger partial charge is 0.259 e. The minimum Gasteiger partial charge on any atom is -0.491 e. The van der Waals surface area contributed by atoms with Gasteiger partial charge in [0.05, 0.1) is 57.5 Å². The van der Waals surface area contributed by atoms with Crippen LogP contribution in [0, 0.1) is 0 Å². The van der Waals surface area contributed by atoms with Gasteiger partial charge >= 0.3 is 0 Å². The normalized spacial score (nSPS) is 11.0. The molecule has 0 bridgehead atoms. The maximum atomic E-state index is 13.4. The standard InChI is InChI=1S/C33H38BrN3O6/c1-2-16-39-17-18-40-19-20-41-21-22-42-23-24-43-30-14-12-28(13-15-30)35-33(38)31-25-37(29-6-4-3-5-7-29)36-32(31)26-8-10-27(34)11-9-26/h3-15,25H,2,16-24H2,1H3,(H,35,38). The minimum atomic E-state index is -0.253. The monoisotopic (exact) mass is 651 g/mol. The van der Waals surface area contributed by atoms with E-state index in [1.807, 2.05) is 66.7 Å². The minimum absolute atomic E-state index is 0.253. The number of halogens is 1.